The first-order valence-corrected chi connectivity index (χ1v) is 8.87. The summed E-state index contributed by atoms with van der Waals surface area (Å²) in [7, 11) is 1.52. The Hall–Kier alpha value is -3.19. The summed E-state index contributed by atoms with van der Waals surface area (Å²) in [6.45, 7) is 1.52. The molecule has 2 aromatic carbocycles. The SMILES string of the molecule is CCOC(=O)CN1C(=O)C(O)(CC(=O)c2ccc(OC)cc2)c2ccccc21. The van der Waals surface area contributed by atoms with Crippen molar-refractivity contribution in [3.63, 3.8) is 0 Å². The Morgan fingerprint density at radius 2 is 1.79 bits per heavy atom. The molecule has 3 rings (SSSR count). The molecule has 0 spiro atoms. The number of anilines is 1. The molecule has 28 heavy (non-hydrogen) atoms. The largest absolute Gasteiger partial charge is 0.497 e. The van der Waals surface area contributed by atoms with Crippen LogP contribution in [0.2, 0.25) is 0 Å². The molecule has 1 amide bonds. The number of carbonyl (C=O) groups excluding carboxylic acids is 3. The minimum atomic E-state index is -2.04. The highest BCUT2D eigenvalue weighted by atomic mass is 16.5. The van der Waals surface area contributed by atoms with E-state index in [0.29, 0.717) is 22.6 Å². The number of ketones is 1. The van der Waals surface area contributed by atoms with Crippen LogP contribution in [0, 0.1) is 0 Å². The number of para-hydroxylation sites is 1. The zero-order chi connectivity index (χ0) is 20.3. The predicted octanol–water partition coefficient (Wildman–Crippen LogP) is 2.07. The lowest BCUT2D eigenvalue weighted by Crippen LogP contribution is -2.44. The normalized spacial score (nSPS) is 18.0. The number of ether oxygens (including phenoxy) is 2. The monoisotopic (exact) mass is 383 g/mol. The molecular formula is C21H21NO6. The maximum atomic E-state index is 13.0. The van der Waals surface area contributed by atoms with E-state index in [1.54, 1.807) is 55.5 Å². The number of amides is 1. The van der Waals surface area contributed by atoms with Gasteiger partial charge in [0, 0.05) is 11.1 Å². The number of hydrogen-bond acceptors (Lipinski definition) is 6. The van der Waals surface area contributed by atoms with Gasteiger partial charge in [-0.3, -0.25) is 19.3 Å². The average molecular weight is 383 g/mol. The Bertz CT molecular complexity index is 907. The van der Waals surface area contributed by atoms with Crippen molar-refractivity contribution >= 4 is 23.3 Å². The third kappa shape index (κ3) is 3.48. The van der Waals surface area contributed by atoms with Crippen LogP contribution in [-0.4, -0.2) is 43.0 Å². The highest BCUT2D eigenvalue weighted by Crippen LogP contribution is 2.42. The molecule has 1 N–H and O–H groups in total. The lowest BCUT2D eigenvalue weighted by Gasteiger charge is -2.22. The first-order valence-electron chi connectivity index (χ1n) is 8.87. The van der Waals surface area contributed by atoms with Crippen molar-refractivity contribution in [3.05, 3.63) is 59.7 Å². The van der Waals surface area contributed by atoms with Crippen molar-refractivity contribution in [1.29, 1.82) is 0 Å². The molecule has 0 aliphatic carbocycles. The lowest BCUT2D eigenvalue weighted by molar-refractivity contribution is -0.144. The van der Waals surface area contributed by atoms with Crippen molar-refractivity contribution in [3.8, 4) is 5.75 Å². The third-order valence-electron chi connectivity index (χ3n) is 4.66. The second kappa shape index (κ2) is 7.82. The molecule has 0 radical (unpaired) electrons. The summed E-state index contributed by atoms with van der Waals surface area (Å²) in [5.74, 6) is -1.11. The summed E-state index contributed by atoms with van der Waals surface area (Å²) in [5.41, 5.74) is -1.000. The van der Waals surface area contributed by atoms with Crippen LogP contribution in [0.25, 0.3) is 0 Å². The molecule has 7 heteroatoms. The molecule has 0 saturated heterocycles. The summed E-state index contributed by atoms with van der Waals surface area (Å²) in [4.78, 5) is 38.8. The maximum absolute atomic E-state index is 13.0. The second-order valence-electron chi connectivity index (χ2n) is 6.40. The summed E-state index contributed by atoms with van der Waals surface area (Å²) in [6, 6.07) is 13.0. The Balaban J connectivity index is 1.89. The molecule has 2 aromatic rings. The van der Waals surface area contributed by atoms with Gasteiger partial charge >= 0.3 is 5.97 Å². The number of nitrogens with zero attached hydrogens (tertiary/aromatic N) is 1. The molecule has 1 heterocycles. The van der Waals surface area contributed by atoms with Gasteiger partial charge in [0.2, 0.25) is 0 Å². The summed E-state index contributed by atoms with van der Waals surface area (Å²) >= 11 is 0. The van der Waals surface area contributed by atoms with Gasteiger partial charge in [0.25, 0.3) is 5.91 Å². The van der Waals surface area contributed by atoms with Gasteiger partial charge in [0.15, 0.2) is 11.4 Å². The Morgan fingerprint density at radius 1 is 1.11 bits per heavy atom. The Labute approximate surface area is 162 Å². The van der Waals surface area contributed by atoms with E-state index >= 15 is 0 Å². The van der Waals surface area contributed by atoms with Gasteiger partial charge in [-0.2, -0.15) is 0 Å². The van der Waals surface area contributed by atoms with Gasteiger partial charge < -0.3 is 14.6 Å². The second-order valence-corrected chi connectivity index (χ2v) is 6.40. The van der Waals surface area contributed by atoms with E-state index < -0.39 is 29.7 Å². The molecule has 1 aliphatic heterocycles. The van der Waals surface area contributed by atoms with E-state index in [1.807, 2.05) is 0 Å². The van der Waals surface area contributed by atoms with Crippen LogP contribution < -0.4 is 9.64 Å². The minimum Gasteiger partial charge on any atom is -0.497 e. The summed E-state index contributed by atoms with van der Waals surface area (Å²) in [6.07, 6.45) is -0.436. The van der Waals surface area contributed by atoms with Gasteiger partial charge in [-0.05, 0) is 37.3 Å². The van der Waals surface area contributed by atoms with Crippen LogP contribution in [0.1, 0.15) is 29.3 Å². The van der Waals surface area contributed by atoms with Crippen LogP contribution in [0.3, 0.4) is 0 Å². The van der Waals surface area contributed by atoms with Crippen molar-refractivity contribution in [2.75, 3.05) is 25.2 Å². The summed E-state index contributed by atoms with van der Waals surface area (Å²) in [5, 5.41) is 11.2. The van der Waals surface area contributed by atoms with Crippen molar-refractivity contribution < 1.29 is 29.0 Å². The van der Waals surface area contributed by atoms with E-state index in [1.165, 1.54) is 7.11 Å². The quantitative estimate of drug-likeness (QED) is 0.581. The van der Waals surface area contributed by atoms with E-state index in [-0.39, 0.29) is 13.2 Å². The molecular weight excluding hydrogens is 362 g/mol. The highest BCUT2D eigenvalue weighted by molar-refractivity contribution is 6.12. The number of carbonyl (C=O) groups is 3. The Kier molecular flexibility index (Phi) is 5.46. The number of fused-ring (bicyclic) bond motifs is 1. The smallest absolute Gasteiger partial charge is 0.326 e. The number of esters is 1. The fourth-order valence-electron chi connectivity index (χ4n) is 3.28. The van der Waals surface area contributed by atoms with E-state index in [2.05, 4.69) is 0 Å². The zero-order valence-electron chi connectivity index (χ0n) is 15.7. The van der Waals surface area contributed by atoms with E-state index in [9.17, 15) is 19.5 Å². The number of methoxy groups -OCH3 is 1. The number of benzene rings is 2. The van der Waals surface area contributed by atoms with Crippen LogP contribution in [0.5, 0.6) is 5.75 Å². The molecule has 146 valence electrons. The molecule has 1 atom stereocenters. The predicted molar refractivity (Wildman–Crippen MR) is 101 cm³/mol. The molecule has 0 bridgehead atoms. The molecule has 0 saturated carbocycles. The molecule has 0 aromatic heterocycles. The van der Waals surface area contributed by atoms with Crippen LogP contribution in [-0.2, 0) is 19.9 Å². The number of hydrogen-bond donors (Lipinski definition) is 1. The van der Waals surface area contributed by atoms with E-state index in [0.717, 1.165) is 4.90 Å². The standard InChI is InChI=1S/C21H21NO6/c1-3-28-19(24)13-22-17-7-5-4-6-16(17)21(26,20(22)25)12-18(23)14-8-10-15(27-2)11-9-14/h4-11,26H,3,12-13H2,1-2H3. The summed E-state index contributed by atoms with van der Waals surface area (Å²) < 4.78 is 9.99. The maximum Gasteiger partial charge on any atom is 0.326 e. The lowest BCUT2D eigenvalue weighted by atomic mass is 9.88. The van der Waals surface area contributed by atoms with Crippen LogP contribution >= 0.6 is 0 Å². The van der Waals surface area contributed by atoms with Crippen molar-refractivity contribution in [1.82, 2.24) is 0 Å². The van der Waals surface area contributed by atoms with Gasteiger partial charge in [-0.15, -0.1) is 0 Å². The van der Waals surface area contributed by atoms with Gasteiger partial charge in [-0.1, -0.05) is 18.2 Å². The molecule has 1 unspecified atom stereocenters. The molecule has 7 nitrogen and oxygen atoms in total. The topological polar surface area (TPSA) is 93.1 Å². The molecule has 1 aliphatic rings. The number of rotatable bonds is 7. The van der Waals surface area contributed by atoms with E-state index in [4.69, 9.17) is 9.47 Å². The van der Waals surface area contributed by atoms with Gasteiger partial charge in [0.05, 0.1) is 25.8 Å². The highest BCUT2D eigenvalue weighted by Gasteiger charge is 2.51. The fraction of sp³-hybridized carbons (Fsp3) is 0.286. The van der Waals surface area contributed by atoms with Crippen molar-refractivity contribution in [2.24, 2.45) is 0 Å². The first kappa shape index (κ1) is 19.6. The minimum absolute atomic E-state index is 0.183. The number of aliphatic hydroxyl groups is 1. The zero-order valence-corrected chi connectivity index (χ0v) is 15.7. The third-order valence-corrected chi connectivity index (χ3v) is 4.66. The van der Waals surface area contributed by atoms with Crippen LogP contribution in [0.4, 0.5) is 5.69 Å². The molecule has 0 fully saturated rings. The first-order chi connectivity index (χ1) is 13.4. The number of Topliss-reactive ketones (excluding diaryl/α,β-unsaturated/α-hetero) is 1. The van der Waals surface area contributed by atoms with Gasteiger partial charge in [0.1, 0.15) is 12.3 Å². The average Bonchev–Trinajstić information content (AvgIpc) is 2.90. The van der Waals surface area contributed by atoms with Gasteiger partial charge in [-0.25, -0.2) is 0 Å². The van der Waals surface area contributed by atoms with Crippen molar-refractivity contribution in [2.45, 2.75) is 18.9 Å². The fourth-order valence-corrected chi connectivity index (χ4v) is 3.28. The Morgan fingerprint density at radius 3 is 2.43 bits per heavy atom. The van der Waals surface area contributed by atoms with Crippen LogP contribution in [0.15, 0.2) is 48.5 Å².